The van der Waals surface area contributed by atoms with Crippen LogP contribution in [0.2, 0.25) is 5.02 Å². The van der Waals surface area contributed by atoms with Crippen LogP contribution in [0.1, 0.15) is 49.4 Å². The third kappa shape index (κ3) is 7.14. The van der Waals surface area contributed by atoms with E-state index in [-0.39, 0.29) is 18.2 Å². The van der Waals surface area contributed by atoms with E-state index >= 15 is 0 Å². The first kappa shape index (κ1) is 17.5. The average molecular weight is 311 g/mol. The molecule has 0 spiro atoms. The number of carbonyl (C=O) groups is 2. The number of hydrogen-bond acceptors (Lipinski definition) is 2. The Hall–Kier alpha value is -1.55. The molecule has 2 N–H and O–H groups in total. The van der Waals surface area contributed by atoms with Crippen molar-refractivity contribution in [1.29, 1.82) is 0 Å². The van der Waals surface area contributed by atoms with Gasteiger partial charge in [-0.2, -0.15) is 0 Å². The normalized spacial score (nSPS) is 10.2. The van der Waals surface area contributed by atoms with Crippen molar-refractivity contribution >= 4 is 23.4 Å². The summed E-state index contributed by atoms with van der Waals surface area (Å²) in [4.78, 5) is 23.4. The SMILES string of the molecule is CCCCCCNC(=O)CCNC(=O)c1ccccc1Cl. The maximum atomic E-state index is 11.9. The number of benzene rings is 1. The zero-order valence-electron chi connectivity index (χ0n) is 12.5. The fourth-order valence-electron chi connectivity index (χ4n) is 1.90. The van der Waals surface area contributed by atoms with Crippen molar-refractivity contribution in [2.75, 3.05) is 13.1 Å². The number of rotatable bonds is 9. The summed E-state index contributed by atoms with van der Waals surface area (Å²) in [5, 5.41) is 5.96. The van der Waals surface area contributed by atoms with Gasteiger partial charge in [0, 0.05) is 19.5 Å². The highest BCUT2D eigenvalue weighted by atomic mass is 35.5. The molecule has 0 fully saturated rings. The second kappa shape index (κ2) is 10.2. The third-order valence-electron chi connectivity index (χ3n) is 3.11. The summed E-state index contributed by atoms with van der Waals surface area (Å²) >= 11 is 5.93. The van der Waals surface area contributed by atoms with E-state index < -0.39 is 0 Å². The van der Waals surface area contributed by atoms with Gasteiger partial charge in [0.2, 0.25) is 5.91 Å². The van der Waals surface area contributed by atoms with Crippen LogP contribution in [0.25, 0.3) is 0 Å². The van der Waals surface area contributed by atoms with Gasteiger partial charge in [0.15, 0.2) is 0 Å². The molecule has 1 aromatic rings. The highest BCUT2D eigenvalue weighted by molar-refractivity contribution is 6.33. The Kier molecular flexibility index (Phi) is 8.51. The largest absolute Gasteiger partial charge is 0.356 e. The van der Waals surface area contributed by atoms with Crippen LogP contribution in [0.4, 0.5) is 0 Å². The van der Waals surface area contributed by atoms with E-state index in [2.05, 4.69) is 17.6 Å². The summed E-state index contributed by atoms with van der Waals surface area (Å²) in [7, 11) is 0. The lowest BCUT2D eigenvalue weighted by Crippen LogP contribution is -2.31. The second-order valence-corrected chi connectivity index (χ2v) is 5.30. The summed E-state index contributed by atoms with van der Waals surface area (Å²) in [5.74, 6) is -0.290. The quantitative estimate of drug-likeness (QED) is 0.688. The lowest BCUT2D eigenvalue weighted by molar-refractivity contribution is -0.120. The fourth-order valence-corrected chi connectivity index (χ4v) is 2.12. The van der Waals surface area contributed by atoms with Crippen LogP contribution < -0.4 is 10.6 Å². The van der Waals surface area contributed by atoms with Crippen LogP contribution in [0.3, 0.4) is 0 Å². The summed E-state index contributed by atoms with van der Waals surface area (Å²) in [6.07, 6.45) is 4.81. The van der Waals surface area contributed by atoms with Gasteiger partial charge >= 0.3 is 0 Å². The van der Waals surface area contributed by atoms with E-state index in [1.165, 1.54) is 12.8 Å². The molecule has 0 radical (unpaired) electrons. The first-order chi connectivity index (χ1) is 10.1. The predicted molar refractivity (Wildman–Crippen MR) is 85.6 cm³/mol. The van der Waals surface area contributed by atoms with Crippen LogP contribution >= 0.6 is 11.6 Å². The van der Waals surface area contributed by atoms with E-state index in [1.54, 1.807) is 24.3 Å². The molecule has 1 rings (SSSR count). The van der Waals surface area contributed by atoms with E-state index in [9.17, 15) is 9.59 Å². The number of halogens is 1. The van der Waals surface area contributed by atoms with Crippen molar-refractivity contribution in [2.24, 2.45) is 0 Å². The van der Waals surface area contributed by atoms with Gasteiger partial charge in [-0.3, -0.25) is 9.59 Å². The zero-order chi connectivity index (χ0) is 15.5. The third-order valence-corrected chi connectivity index (χ3v) is 3.44. The summed E-state index contributed by atoms with van der Waals surface area (Å²) in [6, 6.07) is 6.85. The Balaban J connectivity index is 2.17. The molecule has 21 heavy (non-hydrogen) atoms. The Morgan fingerprint density at radius 2 is 1.81 bits per heavy atom. The van der Waals surface area contributed by atoms with Crippen LogP contribution in [0.15, 0.2) is 24.3 Å². The molecule has 0 aliphatic rings. The molecule has 0 bridgehead atoms. The maximum Gasteiger partial charge on any atom is 0.252 e. The molecule has 116 valence electrons. The van der Waals surface area contributed by atoms with E-state index in [1.807, 2.05) is 0 Å². The molecule has 4 nitrogen and oxygen atoms in total. The van der Waals surface area contributed by atoms with Crippen LogP contribution in [-0.2, 0) is 4.79 Å². The maximum absolute atomic E-state index is 11.9. The molecule has 2 amide bonds. The minimum Gasteiger partial charge on any atom is -0.356 e. The van der Waals surface area contributed by atoms with Gasteiger partial charge in [-0.1, -0.05) is 49.9 Å². The van der Waals surface area contributed by atoms with E-state index in [0.29, 0.717) is 23.7 Å². The van der Waals surface area contributed by atoms with Gasteiger partial charge in [-0.05, 0) is 18.6 Å². The Morgan fingerprint density at radius 1 is 1.05 bits per heavy atom. The van der Waals surface area contributed by atoms with Gasteiger partial charge in [0.05, 0.1) is 10.6 Å². The van der Waals surface area contributed by atoms with Crippen LogP contribution in [-0.4, -0.2) is 24.9 Å². The molecule has 0 heterocycles. The van der Waals surface area contributed by atoms with E-state index in [0.717, 1.165) is 12.8 Å². The molecule has 0 aliphatic heterocycles. The van der Waals surface area contributed by atoms with Gasteiger partial charge in [-0.15, -0.1) is 0 Å². The zero-order valence-corrected chi connectivity index (χ0v) is 13.2. The smallest absolute Gasteiger partial charge is 0.252 e. The minimum atomic E-state index is -0.253. The van der Waals surface area contributed by atoms with Crippen molar-refractivity contribution in [3.63, 3.8) is 0 Å². The lowest BCUT2D eigenvalue weighted by atomic mass is 10.2. The molecule has 0 saturated carbocycles. The fraction of sp³-hybridized carbons (Fsp3) is 0.500. The first-order valence-corrected chi connectivity index (χ1v) is 7.82. The van der Waals surface area contributed by atoms with Crippen molar-refractivity contribution in [3.05, 3.63) is 34.9 Å². The van der Waals surface area contributed by atoms with Crippen LogP contribution in [0.5, 0.6) is 0 Å². The monoisotopic (exact) mass is 310 g/mol. The average Bonchev–Trinajstić information content (AvgIpc) is 2.47. The second-order valence-electron chi connectivity index (χ2n) is 4.90. The molecular formula is C16H23ClN2O2. The number of amides is 2. The molecule has 5 heteroatoms. The topological polar surface area (TPSA) is 58.2 Å². The highest BCUT2D eigenvalue weighted by Gasteiger charge is 2.09. The molecular weight excluding hydrogens is 288 g/mol. The molecule has 0 unspecified atom stereocenters. The Bertz CT molecular complexity index is 463. The van der Waals surface area contributed by atoms with Gasteiger partial charge in [0.25, 0.3) is 5.91 Å². The number of hydrogen-bond donors (Lipinski definition) is 2. The highest BCUT2D eigenvalue weighted by Crippen LogP contribution is 2.14. The number of carbonyl (C=O) groups excluding carboxylic acids is 2. The Labute approximate surface area is 131 Å². The van der Waals surface area contributed by atoms with Gasteiger partial charge < -0.3 is 10.6 Å². The predicted octanol–water partition coefficient (Wildman–Crippen LogP) is 3.16. The van der Waals surface area contributed by atoms with Crippen molar-refractivity contribution < 1.29 is 9.59 Å². The van der Waals surface area contributed by atoms with E-state index in [4.69, 9.17) is 11.6 Å². The Morgan fingerprint density at radius 3 is 2.52 bits per heavy atom. The minimum absolute atomic E-state index is 0.0362. The van der Waals surface area contributed by atoms with Gasteiger partial charge in [0.1, 0.15) is 0 Å². The lowest BCUT2D eigenvalue weighted by Gasteiger charge is -2.07. The molecule has 0 aromatic heterocycles. The molecule has 0 atom stereocenters. The number of unbranched alkanes of at least 4 members (excludes halogenated alkanes) is 3. The number of nitrogens with one attached hydrogen (secondary N) is 2. The van der Waals surface area contributed by atoms with Crippen LogP contribution in [0, 0.1) is 0 Å². The van der Waals surface area contributed by atoms with Crippen molar-refractivity contribution in [2.45, 2.75) is 39.0 Å². The van der Waals surface area contributed by atoms with Crippen molar-refractivity contribution in [1.82, 2.24) is 10.6 Å². The molecule has 0 aliphatic carbocycles. The summed E-state index contributed by atoms with van der Waals surface area (Å²) in [6.45, 7) is 3.17. The molecule has 0 saturated heterocycles. The van der Waals surface area contributed by atoms with Gasteiger partial charge in [-0.25, -0.2) is 0 Å². The summed E-state index contributed by atoms with van der Waals surface area (Å²) < 4.78 is 0. The van der Waals surface area contributed by atoms with Crippen molar-refractivity contribution in [3.8, 4) is 0 Å². The summed E-state index contributed by atoms with van der Waals surface area (Å²) in [5.41, 5.74) is 0.430. The standard InChI is InChI=1S/C16H23ClN2O2/c1-2-3-4-7-11-18-15(20)10-12-19-16(21)13-8-5-6-9-14(13)17/h5-6,8-9H,2-4,7,10-12H2,1H3,(H,18,20)(H,19,21). The molecule has 1 aromatic carbocycles. The first-order valence-electron chi connectivity index (χ1n) is 7.44.